The summed E-state index contributed by atoms with van der Waals surface area (Å²) in [7, 11) is 0. The Morgan fingerprint density at radius 1 is 1.40 bits per heavy atom. The number of ether oxygens (including phenoxy) is 1. The second-order valence-electron chi connectivity index (χ2n) is 7.41. The summed E-state index contributed by atoms with van der Waals surface area (Å²) in [6.45, 7) is 10.6. The van der Waals surface area contributed by atoms with Crippen molar-refractivity contribution in [2.24, 2.45) is 5.92 Å². The molecule has 1 aliphatic heterocycles. The number of aldehydes is 1. The first-order valence-electron chi connectivity index (χ1n) is 8.30. The fourth-order valence-corrected chi connectivity index (χ4v) is 3.38. The molecule has 0 aromatic carbocycles. The largest absolute Gasteiger partial charge is 0.458 e. The van der Waals surface area contributed by atoms with E-state index >= 15 is 0 Å². The van der Waals surface area contributed by atoms with Crippen molar-refractivity contribution in [2.75, 3.05) is 13.1 Å². The predicted octanol–water partition coefficient (Wildman–Crippen LogP) is 2.56. The van der Waals surface area contributed by atoms with Gasteiger partial charge in [-0.2, -0.15) is 0 Å². The zero-order valence-electron chi connectivity index (χ0n) is 15.3. The van der Waals surface area contributed by atoms with E-state index in [2.05, 4.69) is 4.98 Å². The molecule has 1 saturated heterocycles. The van der Waals surface area contributed by atoms with Gasteiger partial charge >= 0.3 is 12.0 Å². The Labute approximate surface area is 152 Å². The van der Waals surface area contributed by atoms with Gasteiger partial charge in [-0.25, -0.2) is 14.6 Å². The number of hydrogen-bond acceptors (Lipinski definition) is 6. The second kappa shape index (κ2) is 7.51. The molecule has 1 atom stereocenters. The molecular formula is C17H25N3O4S. The molecule has 2 rings (SSSR count). The van der Waals surface area contributed by atoms with Gasteiger partial charge in [-0.3, -0.25) is 4.79 Å². The molecule has 7 nitrogen and oxygen atoms in total. The molecule has 0 bridgehead atoms. The van der Waals surface area contributed by atoms with E-state index in [1.54, 1.807) is 15.2 Å². The maximum Gasteiger partial charge on any atom is 0.329 e. The van der Waals surface area contributed by atoms with Crippen LogP contribution in [0.15, 0.2) is 5.38 Å². The van der Waals surface area contributed by atoms with Crippen molar-refractivity contribution in [3.8, 4) is 0 Å². The molecule has 8 heteroatoms. The molecule has 0 saturated carbocycles. The summed E-state index contributed by atoms with van der Waals surface area (Å²) >= 11 is 1.25. The highest BCUT2D eigenvalue weighted by molar-refractivity contribution is 7.11. The average molecular weight is 367 g/mol. The zero-order valence-corrected chi connectivity index (χ0v) is 16.1. The average Bonchev–Trinajstić information content (AvgIpc) is 3.07. The first-order valence-corrected chi connectivity index (χ1v) is 9.18. The third kappa shape index (κ3) is 4.78. The predicted molar refractivity (Wildman–Crippen MR) is 94.5 cm³/mol. The fourth-order valence-electron chi connectivity index (χ4n) is 2.77. The van der Waals surface area contributed by atoms with Crippen molar-refractivity contribution in [1.29, 1.82) is 0 Å². The normalized spacial score (nSPS) is 16.5. The van der Waals surface area contributed by atoms with Gasteiger partial charge in [0.2, 0.25) is 0 Å². The highest BCUT2D eigenvalue weighted by Crippen LogP contribution is 2.23. The molecule has 138 valence electrons. The summed E-state index contributed by atoms with van der Waals surface area (Å²) in [5.41, 5.74) is 0.0825. The highest BCUT2D eigenvalue weighted by atomic mass is 32.1. The Morgan fingerprint density at radius 3 is 2.60 bits per heavy atom. The minimum Gasteiger partial charge on any atom is -0.458 e. The van der Waals surface area contributed by atoms with Gasteiger partial charge < -0.3 is 14.5 Å². The molecule has 2 amide bonds. The van der Waals surface area contributed by atoms with Gasteiger partial charge in [-0.05, 0) is 26.7 Å². The van der Waals surface area contributed by atoms with Gasteiger partial charge in [0.15, 0.2) is 11.3 Å². The molecule has 0 spiro atoms. The van der Waals surface area contributed by atoms with Crippen LogP contribution in [-0.2, 0) is 16.1 Å². The van der Waals surface area contributed by atoms with E-state index in [-0.39, 0.29) is 17.9 Å². The minimum absolute atomic E-state index is 0.0558. The second-order valence-corrected chi connectivity index (χ2v) is 8.30. The van der Waals surface area contributed by atoms with Crippen LogP contribution in [0.1, 0.15) is 50.1 Å². The lowest BCUT2D eigenvalue weighted by atomic mass is 10.0. The summed E-state index contributed by atoms with van der Waals surface area (Å²) in [6.07, 6.45) is 0.698. The number of carbonyl (C=O) groups excluding carboxylic acids is 3. The Morgan fingerprint density at radius 2 is 2.08 bits per heavy atom. The van der Waals surface area contributed by atoms with Gasteiger partial charge in [0.05, 0.1) is 12.2 Å². The lowest BCUT2D eigenvalue weighted by molar-refractivity contribution is -0.161. The molecule has 0 N–H and O–H groups in total. The SMILES string of the molecule is CC(C)[C@@H](C(=O)OC(C)(C)C)N1CCN(Cc2csc(C=O)n2)C1=O. The monoisotopic (exact) mass is 367 g/mol. The maximum atomic E-state index is 12.8. The quantitative estimate of drug-likeness (QED) is 0.570. The summed E-state index contributed by atoms with van der Waals surface area (Å²) in [6, 6.07) is -0.817. The number of urea groups is 1. The Hall–Kier alpha value is -1.96. The number of thiazole rings is 1. The van der Waals surface area contributed by atoms with E-state index in [0.717, 1.165) is 0 Å². The lowest BCUT2D eigenvalue weighted by Gasteiger charge is -2.31. The topological polar surface area (TPSA) is 79.8 Å². The number of rotatable bonds is 6. The Kier molecular flexibility index (Phi) is 5.82. The van der Waals surface area contributed by atoms with Crippen molar-refractivity contribution in [3.63, 3.8) is 0 Å². The van der Waals surface area contributed by atoms with Crippen molar-refractivity contribution >= 4 is 29.6 Å². The Bertz CT molecular complexity index is 651. The van der Waals surface area contributed by atoms with E-state index in [1.165, 1.54) is 11.3 Å². The fraction of sp³-hybridized carbons (Fsp3) is 0.647. The molecule has 0 unspecified atom stereocenters. The number of hydrogen-bond donors (Lipinski definition) is 0. The van der Waals surface area contributed by atoms with Crippen molar-refractivity contribution in [1.82, 2.24) is 14.8 Å². The van der Waals surface area contributed by atoms with E-state index < -0.39 is 11.6 Å². The van der Waals surface area contributed by atoms with Crippen molar-refractivity contribution in [2.45, 2.75) is 52.8 Å². The van der Waals surface area contributed by atoms with Gasteiger partial charge in [0.1, 0.15) is 11.6 Å². The van der Waals surface area contributed by atoms with E-state index in [1.807, 2.05) is 34.6 Å². The third-order valence-electron chi connectivity index (χ3n) is 3.77. The van der Waals surface area contributed by atoms with E-state index in [9.17, 15) is 14.4 Å². The van der Waals surface area contributed by atoms with Crippen LogP contribution in [0.25, 0.3) is 0 Å². The van der Waals surface area contributed by atoms with Crippen molar-refractivity contribution < 1.29 is 19.1 Å². The summed E-state index contributed by atoms with van der Waals surface area (Å²) in [5, 5.41) is 2.17. The van der Waals surface area contributed by atoms with Crippen LogP contribution in [-0.4, -0.2) is 57.8 Å². The van der Waals surface area contributed by atoms with Gasteiger partial charge in [-0.1, -0.05) is 13.8 Å². The maximum absolute atomic E-state index is 12.8. The van der Waals surface area contributed by atoms with Gasteiger partial charge in [0.25, 0.3) is 0 Å². The molecule has 1 fully saturated rings. The number of nitrogens with zero attached hydrogens (tertiary/aromatic N) is 3. The van der Waals surface area contributed by atoms with Crippen LogP contribution in [0.2, 0.25) is 0 Å². The smallest absolute Gasteiger partial charge is 0.329 e. The van der Waals surface area contributed by atoms with Gasteiger partial charge in [0, 0.05) is 18.5 Å². The summed E-state index contributed by atoms with van der Waals surface area (Å²) in [4.78, 5) is 43.4. The number of esters is 1. The van der Waals surface area contributed by atoms with Crippen LogP contribution in [0.3, 0.4) is 0 Å². The number of carbonyl (C=O) groups is 3. The summed E-state index contributed by atoms with van der Waals surface area (Å²) < 4.78 is 5.49. The molecule has 1 aromatic rings. The standard InChI is InChI=1S/C17H25N3O4S/c1-11(2)14(15(22)24-17(3,4)5)20-7-6-19(16(20)23)8-12-10-25-13(9-21)18-12/h9-11,14H,6-8H2,1-5H3/t14-/m0/s1. The third-order valence-corrected chi connectivity index (χ3v) is 4.58. The van der Waals surface area contributed by atoms with Gasteiger partial charge in [-0.15, -0.1) is 11.3 Å². The molecule has 25 heavy (non-hydrogen) atoms. The molecule has 1 aromatic heterocycles. The van der Waals surface area contributed by atoms with Crippen LogP contribution in [0, 0.1) is 5.92 Å². The first-order chi connectivity index (χ1) is 11.6. The zero-order chi connectivity index (χ0) is 18.8. The van der Waals surface area contributed by atoms with Crippen LogP contribution >= 0.6 is 11.3 Å². The highest BCUT2D eigenvalue weighted by Gasteiger charge is 2.40. The first kappa shape index (κ1) is 19.4. The molecule has 0 aliphatic carbocycles. The molecule has 2 heterocycles. The summed E-state index contributed by atoms with van der Waals surface area (Å²) in [5.74, 6) is -0.436. The molecule has 1 aliphatic rings. The molecule has 0 radical (unpaired) electrons. The van der Waals surface area contributed by atoms with Crippen molar-refractivity contribution in [3.05, 3.63) is 16.1 Å². The van der Waals surface area contributed by atoms with E-state index in [4.69, 9.17) is 4.74 Å². The molecular weight excluding hydrogens is 342 g/mol. The lowest BCUT2D eigenvalue weighted by Crippen LogP contribution is -2.49. The van der Waals surface area contributed by atoms with Crippen LogP contribution in [0.4, 0.5) is 4.79 Å². The van der Waals surface area contributed by atoms with Crippen LogP contribution in [0.5, 0.6) is 0 Å². The van der Waals surface area contributed by atoms with E-state index in [0.29, 0.717) is 36.6 Å². The number of aromatic nitrogens is 1. The van der Waals surface area contributed by atoms with Crippen LogP contribution < -0.4 is 0 Å². The minimum atomic E-state index is -0.613. The number of amides is 2. The Balaban J connectivity index is 2.09.